The number of carbonyl (C=O) groups is 1. The fourth-order valence-corrected chi connectivity index (χ4v) is 2.30. The van der Waals surface area contributed by atoms with Crippen molar-refractivity contribution >= 4 is 18.5 Å². The van der Waals surface area contributed by atoms with Crippen LogP contribution in [0.1, 0.15) is 15.9 Å². The fourth-order valence-electron chi connectivity index (χ4n) is 2.30. The van der Waals surface area contributed by atoms with E-state index in [1.807, 2.05) is 30.3 Å². The molecule has 0 unspecified atom stereocenters. The van der Waals surface area contributed by atoms with E-state index < -0.39 is 0 Å². The highest BCUT2D eigenvalue weighted by atomic mass is 16.1. The molecule has 76 valence electrons. The molecule has 0 atom stereocenters. The van der Waals surface area contributed by atoms with Crippen molar-refractivity contribution in [3.8, 4) is 11.1 Å². The summed E-state index contributed by atoms with van der Waals surface area (Å²) in [5.41, 5.74) is 5.08. The third kappa shape index (κ3) is 1.16. The van der Waals surface area contributed by atoms with Crippen molar-refractivity contribution in [2.24, 2.45) is 0 Å². The summed E-state index contributed by atoms with van der Waals surface area (Å²) in [7, 11) is 0.969. The Bertz CT molecular complexity index is 587. The molecule has 1 aliphatic rings. The van der Waals surface area contributed by atoms with E-state index in [-0.39, 0.29) is 5.78 Å². The van der Waals surface area contributed by atoms with Crippen LogP contribution in [0.5, 0.6) is 0 Å². The van der Waals surface area contributed by atoms with Crippen LogP contribution in [0, 0.1) is 0 Å². The molecule has 2 heteroatoms. The second-order valence-corrected chi connectivity index (χ2v) is 4.11. The van der Waals surface area contributed by atoms with Crippen molar-refractivity contribution in [3.63, 3.8) is 0 Å². The molecular formula is C14H11BO. The van der Waals surface area contributed by atoms with Gasteiger partial charge in [0.1, 0.15) is 0 Å². The topological polar surface area (TPSA) is 17.1 Å². The summed E-state index contributed by atoms with van der Waals surface area (Å²) in [6.45, 7) is 2.11. The molecule has 16 heavy (non-hydrogen) atoms. The lowest BCUT2D eigenvalue weighted by molar-refractivity contribution is 0.104. The Hall–Kier alpha value is -1.83. The first kappa shape index (κ1) is 9.40. The van der Waals surface area contributed by atoms with Crippen molar-refractivity contribution in [2.45, 2.75) is 6.82 Å². The van der Waals surface area contributed by atoms with Gasteiger partial charge in [0, 0.05) is 11.1 Å². The third-order valence-corrected chi connectivity index (χ3v) is 3.20. The Morgan fingerprint density at radius 2 is 1.56 bits per heavy atom. The van der Waals surface area contributed by atoms with E-state index in [1.54, 1.807) is 0 Å². The SMILES string of the molecule is CBc1ccc2c(c1)C(=O)c1ccccc1-2. The molecule has 3 rings (SSSR count). The van der Waals surface area contributed by atoms with E-state index in [0.717, 1.165) is 29.5 Å². The minimum atomic E-state index is 0.168. The number of hydrogen-bond donors (Lipinski definition) is 0. The molecule has 2 aromatic carbocycles. The minimum absolute atomic E-state index is 0.168. The van der Waals surface area contributed by atoms with E-state index in [0.29, 0.717) is 0 Å². The first-order valence-corrected chi connectivity index (χ1v) is 5.58. The van der Waals surface area contributed by atoms with E-state index >= 15 is 0 Å². The lowest BCUT2D eigenvalue weighted by atomic mass is 9.72. The van der Waals surface area contributed by atoms with Crippen LogP contribution in [0.4, 0.5) is 0 Å². The number of fused-ring (bicyclic) bond motifs is 3. The zero-order valence-corrected chi connectivity index (χ0v) is 9.16. The Labute approximate surface area is 95.4 Å². The number of hydrogen-bond acceptors (Lipinski definition) is 1. The molecule has 0 heterocycles. The van der Waals surface area contributed by atoms with Crippen molar-refractivity contribution in [1.29, 1.82) is 0 Å². The predicted molar refractivity (Wildman–Crippen MR) is 68.0 cm³/mol. The highest BCUT2D eigenvalue weighted by Gasteiger charge is 2.25. The van der Waals surface area contributed by atoms with Gasteiger partial charge in [-0.05, 0) is 11.1 Å². The molecule has 0 radical (unpaired) electrons. The van der Waals surface area contributed by atoms with Crippen LogP contribution >= 0.6 is 0 Å². The first-order chi connectivity index (χ1) is 7.81. The Kier molecular flexibility index (Phi) is 1.96. The zero-order valence-electron chi connectivity index (χ0n) is 9.16. The Morgan fingerprint density at radius 3 is 2.31 bits per heavy atom. The van der Waals surface area contributed by atoms with E-state index in [9.17, 15) is 4.79 Å². The highest BCUT2D eigenvalue weighted by Crippen LogP contribution is 2.35. The fraction of sp³-hybridized carbons (Fsp3) is 0.0714. The summed E-state index contributed by atoms with van der Waals surface area (Å²) < 4.78 is 0. The molecule has 0 saturated carbocycles. The molecule has 1 aliphatic carbocycles. The van der Waals surface area contributed by atoms with Crippen molar-refractivity contribution in [3.05, 3.63) is 53.6 Å². The zero-order chi connectivity index (χ0) is 11.1. The molecule has 0 fully saturated rings. The lowest BCUT2D eigenvalue weighted by Gasteiger charge is -2.01. The molecule has 0 N–H and O–H groups in total. The van der Waals surface area contributed by atoms with Gasteiger partial charge in [0.15, 0.2) is 13.1 Å². The van der Waals surface area contributed by atoms with Crippen molar-refractivity contribution < 1.29 is 4.79 Å². The molecular weight excluding hydrogens is 195 g/mol. The number of carbonyl (C=O) groups excluding carboxylic acids is 1. The second-order valence-electron chi connectivity index (χ2n) is 4.11. The predicted octanol–water partition coefficient (Wildman–Crippen LogP) is 2.01. The van der Waals surface area contributed by atoms with E-state index in [1.165, 1.54) is 5.46 Å². The maximum atomic E-state index is 12.2. The molecule has 1 nitrogen and oxygen atoms in total. The summed E-state index contributed by atoms with van der Waals surface area (Å²) in [6, 6.07) is 14.0. The monoisotopic (exact) mass is 206 g/mol. The average Bonchev–Trinajstić information content (AvgIpc) is 2.64. The van der Waals surface area contributed by atoms with Gasteiger partial charge in [-0.25, -0.2) is 0 Å². The molecule has 0 bridgehead atoms. The molecule has 0 amide bonds. The van der Waals surface area contributed by atoms with Gasteiger partial charge in [-0.1, -0.05) is 54.8 Å². The van der Waals surface area contributed by atoms with Gasteiger partial charge in [0.2, 0.25) is 0 Å². The van der Waals surface area contributed by atoms with Crippen LogP contribution in [0.25, 0.3) is 11.1 Å². The van der Waals surface area contributed by atoms with Crippen LogP contribution < -0.4 is 5.46 Å². The largest absolute Gasteiger partial charge is 0.289 e. The van der Waals surface area contributed by atoms with Gasteiger partial charge in [0.25, 0.3) is 0 Å². The van der Waals surface area contributed by atoms with Gasteiger partial charge in [-0.2, -0.15) is 0 Å². The summed E-state index contributed by atoms with van der Waals surface area (Å²) >= 11 is 0. The van der Waals surface area contributed by atoms with Gasteiger partial charge in [-0.3, -0.25) is 4.79 Å². The van der Waals surface area contributed by atoms with Crippen LogP contribution in [0.3, 0.4) is 0 Å². The summed E-state index contributed by atoms with van der Waals surface area (Å²) in [6.07, 6.45) is 0. The summed E-state index contributed by atoms with van der Waals surface area (Å²) in [5, 5.41) is 0. The van der Waals surface area contributed by atoms with Gasteiger partial charge in [0.05, 0.1) is 0 Å². The first-order valence-electron chi connectivity index (χ1n) is 5.58. The molecule has 2 aromatic rings. The van der Waals surface area contributed by atoms with Crippen LogP contribution in [0.2, 0.25) is 6.82 Å². The van der Waals surface area contributed by atoms with E-state index in [2.05, 4.69) is 19.0 Å². The summed E-state index contributed by atoms with van der Waals surface area (Å²) in [4.78, 5) is 12.2. The highest BCUT2D eigenvalue weighted by molar-refractivity contribution is 6.52. The maximum Gasteiger partial charge on any atom is 0.194 e. The smallest absolute Gasteiger partial charge is 0.194 e. The Morgan fingerprint density at radius 1 is 0.875 bits per heavy atom. The van der Waals surface area contributed by atoms with Gasteiger partial charge >= 0.3 is 0 Å². The van der Waals surface area contributed by atoms with Gasteiger partial charge in [-0.15, -0.1) is 0 Å². The number of benzene rings is 2. The number of ketones is 1. The molecule has 0 spiro atoms. The third-order valence-electron chi connectivity index (χ3n) is 3.20. The maximum absolute atomic E-state index is 12.2. The number of rotatable bonds is 1. The van der Waals surface area contributed by atoms with Gasteiger partial charge < -0.3 is 0 Å². The standard InChI is InChI=1S/C14H11BO/c1-15-9-6-7-11-10-4-2-3-5-12(10)14(16)13(11)8-9/h2-8,15H,1H3. The van der Waals surface area contributed by atoms with E-state index in [4.69, 9.17) is 0 Å². The summed E-state index contributed by atoms with van der Waals surface area (Å²) in [5.74, 6) is 0.168. The van der Waals surface area contributed by atoms with Crippen LogP contribution in [-0.2, 0) is 0 Å². The Balaban J connectivity index is 2.29. The van der Waals surface area contributed by atoms with Crippen molar-refractivity contribution in [1.82, 2.24) is 0 Å². The quantitative estimate of drug-likeness (QED) is 0.556. The molecule has 0 aliphatic heterocycles. The average molecular weight is 206 g/mol. The second kappa shape index (κ2) is 3.34. The molecule has 0 saturated heterocycles. The lowest BCUT2D eigenvalue weighted by Crippen LogP contribution is -2.11. The van der Waals surface area contributed by atoms with Crippen LogP contribution in [-0.4, -0.2) is 13.1 Å². The van der Waals surface area contributed by atoms with Crippen molar-refractivity contribution in [2.75, 3.05) is 0 Å². The molecule has 0 aromatic heterocycles. The van der Waals surface area contributed by atoms with Crippen LogP contribution in [0.15, 0.2) is 42.5 Å². The minimum Gasteiger partial charge on any atom is -0.289 e. The normalized spacial score (nSPS) is 12.2.